The monoisotopic (exact) mass is 238 g/mol. The van der Waals surface area contributed by atoms with Crippen LogP contribution in [0.1, 0.15) is 46.0 Å². The van der Waals surface area contributed by atoms with Crippen molar-refractivity contribution in [2.75, 3.05) is 26.7 Å². The van der Waals surface area contributed by atoms with Crippen LogP contribution in [0.15, 0.2) is 0 Å². The average molecular weight is 238 g/mol. The van der Waals surface area contributed by atoms with E-state index in [-0.39, 0.29) is 0 Å². The lowest BCUT2D eigenvalue weighted by Gasteiger charge is -2.44. The molecule has 2 aliphatic rings. The highest BCUT2D eigenvalue weighted by molar-refractivity contribution is 4.86. The van der Waals surface area contributed by atoms with Crippen LogP contribution in [0.2, 0.25) is 0 Å². The van der Waals surface area contributed by atoms with Crippen LogP contribution in [0.4, 0.5) is 0 Å². The summed E-state index contributed by atoms with van der Waals surface area (Å²) in [5.74, 6) is 2.80. The van der Waals surface area contributed by atoms with E-state index in [0.29, 0.717) is 0 Å². The standard InChI is InChI=1S/C15H30N2/c1-12-4-5-13(2)15(10-12)17-8-6-14(7-9-17)11-16-3/h12-16H,4-11H2,1-3H3. The molecule has 2 fully saturated rings. The van der Waals surface area contributed by atoms with Crippen LogP contribution < -0.4 is 5.32 Å². The van der Waals surface area contributed by atoms with E-state index in [4.69, 9.17) is 0 Å². The lowest BCUT2D eigenvalue weighted by molar-refractivity contribution is 0.0594. The fourth-order valence-corrected chi connectivity index (χ4v) is 3.79. The zero-order valence-corrected chi connectivity index (χ0v) is 11.9. The fraction of sp³-hybridized carbons (Fsp3) is 1.00. The highest BCUT2D eigenvalue weighted by Crippen LogP contribution is 2.33. The number of hydrogen-bond donors (Lipinski definition) is 1. The van der Waals surface area contributed by atoms with Crippen LogP contribution >= 0.6 is 0 Å². The Kier molecular flexibility index (Phi) is 4.87. The number of likely N-dealkylation sites (tertiary alicyclic amines) is 1. The molecule has 0 amide bonds. The quantitative estimate of drug-likeness (QED) is 0.813. The molecular weight excluding hydrogens is 208 g/mol. The van der Waals surface area contributed by atoms with E-state index in [0.717, 1.165) is 23.8 Å². The number of piperidine rings is 1. The Hall–Kier alpha value is -0.0800. The van der Waals surface area contributed by atoms with E-state index in [1.165, 1.54) is 51.7 Å². The van der Waals surface area contributed by atoms with Crippen molar-refractivity contribution in [1.82, 2.24) is 10.2 Å². The minimum Gasteiger partial charge on any atom is -0.319 e. The van der Waals surface area contributed by atoms with Gasteiger partial charge < -0.3 is 10.2 Å². The fourth-order valence-electron chi connectivity index (χ4n) is 3.79. The molecule has 100 valence electrons. The SMILES string of the molecule is CNCC1CCN(C2CC(C)CCC2C)CC1. The Morgan fingerprint density at radius 3 is 2.41 bits per heavy atom. The molecule has 2 rings (SSSR count). The van der Waals surface area contributed by atoms with Gasteiger partial charge in [0, 0.05) is 6.04 Å². The maximum absolute atomic E-state index is 3.33. The van der Waals surface area contributed by atoms with Gasteiger partial charge in [-0.25, -0.2) is 0 Å². The summed E-state index contributed by atoms with van der Waals surface area (Å²) in [6.07, 6.45) is 7.14. The second kappa shape index (κ2) is 6.19. The Bertz CT molecular complexity index is 221. The minimum atomic E-state index is 0.884. The summed E-state index contributed by atoms with van der Waals surface area (Å²) in [6.45, 7) is 8.80. The van der Waals surface area contributed by atoms with Gasteiger partial charge in [0.15, 0.2) is 0 Å². The van der Waals surface area contributed by atoms with Crippen LogP contribution in [-0.2, 0) is 0 Å². The van der Waals surface area contributed by atoms with Crippen molar-refractivity contribution in [3.63, 3.8) is 0 Å². The molecule has 0 aromatic heterocycles. The largest absolute Gasteiger partial charge is 0.319 e. The lowest BCUT2D eigenvalue weighted by Crippen LogP contribution is -2.47. The third-order valence-electron chi connectivity index (χ3n) is 5.03. The third-order valence-corrected chi connectivity index (χ3v) is 5.03. The molecule has 17 heavy (non-hydrogen) atoms. The molecule has 1 aliphatic heterocycles. The number of nitrogens with zero attached hydrogens (tertiary/aromatic N) is 1. The van der Waals surface area contributed by atoms with Crippen LogP contribution in [-0.4, -0.2) is 37.6 Å². The topological polar surface area (TPSA) is 15.3 Å². The van der Waals surface area contributed by atoms with Crippen molar-refractivity contribution in [1.29, 1.82) is 0 Å². The summed E-state index contributed by atoms with van der Waals surface area (Å²) in [4.78, 5) is 2.80. The van der Waals surface area contributed by atoms with Crippen LogP contribution in [0.25, 0.3) is 0 Å². The van der Waals surface area contributed by atoms with Gasteiger partial charge >= 0.3 is 0 Å². The van der Waals surface area contributed by atoms with E-state index in [1.807, 2.05) is 0 Å². The molecule has 2 heteroatoms. The van der Waals surface area contributed by atoms with E-state index in [1.54, 1.807) is 0 Å². The molecule has 1 saturated carbocycles. The van der Waals surface area contributed by atoms with Gasteiger partial charge in [0.2, 0.25) is 0 Å². The van der Waals surface area contributed by atoms with Crippen LogP contribution in [0.3, 0.4) is 0 Å². The summed E-state index contributed by atoms with van der Waals surface area (Å²) < 4.78 is 0. The van der Waals surface area contributed by atoms with Gasteiger partial charge in [0.05, 0.1) is 0 Å². The second-order valence-corrected chi connectivity index (χ2v) is 6.50. The molecule has 0 aromatic rings. The summed E-state index contributed by atoms with van der Waals surface area (Å²) >= 11 is 0. The van der Waals surface area contributed by atoms with Crippen molar-refractivity contribution in [3.8, 4) is 0 Å². The zero-order valence-electron chi connectivity index (χ0n) is 11.9. The average Bonchev–Trinajstić information content (AvgIpc) is 2.34. The molecule has 2 nitrogen and oxygen atoms in total. The number of rotatable bonds is 3. The van der Waals surface area contributed by atoms with Crippen molar-refractivity contribution in [3.05, 3.63) is 0 Å². The number of hydrogen-bond acceptors (Lipinski definition) is 2. The van der Waals surface area contributed by atoms with Gasteiger partial charge in [-0.15, -0.1) is 0 Å². The van der Waals surface area contributed by atoms with E-state index in [2.05, 4.69) is 31.1 Å². The van der Waals surface area contributed by atoms with Crippen molar-refractivity contribution >= 4 is 0 Å². The Morgan fingerprint density at radius 2 is 1.76 bits per heavy atom. The molecule has 3 unspecified atom stereocenters. The van der Waals surface area contributed by atoms with E-state index < -0.39 is 0 Å². The smallest absolute Gasteiger partial charge is 0.0123 e. The molecule has 3 atom stereocenters. The molecule has 1 aliphatic carbocycles. The van der Waals surface area contributed by atoms with E-state index >= 15 is 0 Å². The van der Waals surface area contributed by atoms with Crippen molar-refractivity contribution < 1.29 is 0 Å². The predicted octanol–water partition coefficient (Wildman–Crippen LogP) is 2.74. The molecule has 0 radical (unpaired) electrons. The van der Waals surface area contributed by atoms with Gasteiger partial charge in [-0.05, 0) is 70.1 Å². The van der Waals surface area contributed by atoms with Gasteiger partial charge in [-0.3, -0.25) is 0 Å². The first-order valence-electron chi connectivity index (χ1n) is 7.59. The maximum Gasteiger partial charge on any atom is 0.0123 e. The first-order valence-corrected chi connectivity index (χ1v) is 7.59. The van der Waals surface area contributed by atoms with Gasteiger partial charge in [0.25, 0.3) is 0 Å². The first kappa shape index (κ1) is 13.4. The summed E-state index contributed by atoms with van der Waals surface area (Å²) in [5, 5.41) is 3.33. The van der Waals surface area contributed by atoms with Gasteiger partial charge in [-0.2, -0.15) is 0 Å². The molecule has 0 bridgehead atoms. The Balaban J connectivity index is 1.82. The summed E-state index contributed by atoms with van der Waals surface area (Å²) in [6, 6.07) is 0.884. The molecule has 0 spiro atoms. The van der Waals surface area contributed by atoms with Crippen LogP contribution in [0, 0.1) is 17.8 Å². The van der Waals surface area contributed by atoms with Gasteiger partial charge in [-0.1, -0.05) is 20.3 Å². The van der Waals surface area contributed by atoms with Crippen molar-refractivity contribution in [2.24, 2.45) is 17.8 Å². The van der Waals surface area contributed by atoms with Gasteiger partial charge in [0.1, 0.15) is 0 Å². The first-order chi connectivity index (χ1) is 8.20. The molecule has 1 heterocycles. The van der Waals surface area contributed by atoms with Crippen LogP contribution in [0.5, 0.6) is 0 Å². The molecule has 1 N–H and O–H groups in total. The van der Waals surface area contributed by atoms with E-state index in [9.17, 15) is 0 Å². The highest BCUT2D eigenvalue weighted by Gasteiger charge is 2.32. The summed E-state index contributed by atoms with van der Waals surface area (Å²) in [7, 11) is 2.08. The predicted molar refractivity (Wildman–Crippen MR) is 74.2 cm³/mol. The number of nitrogens with one attached hydrogen (secondary N) is 1. The third kappa shape index (κ3) is 3.45. The zero-order chi connectivity index (χ0) is 12.3. The second-order valence-electron chi connectivity index (χ2n) is 6.50. The minimum absolute atomic E-state index is 0.884. The Morgan fingerprint density at radius 1 is 1.06 bits per heavy atom. The molecule has 0 aromatic carbocycles. The highest BCUT2D eigenvalue weighted by atomic mass is 15.2. The molecule has 1 saturated heterocycles. The van der Waals surface area contributed by atoms with Crippen molar-refractivity contribution in [2.45, 2.75) is 52.0 Å². The molecular formula is C15H30N2. The maximum atomic E-state index is 3.33. The summed E-state index contributed by atoms with van der Waals surface area (Å²) in [5.41, 5.74) is 0. The normalized spacial score (nSPS) is 37.2. The lowest BCUT2D eigenvalue weighted by atomic mass is 9.78. The Labute approximate surface area is 107 Å².